The summed E-state index contributed by atoms with van der Waals surface area (Å²) in [5, 5.41) is 3.52. The first-order valence-corrected chi connectivity index (χ1v) is 6.17. The molecule has 1 aromatic rings. The molecule has 0 aliphatic carbocycles. The van der Waals surface area contributed by atoms with E-state index in [2.05, 4.69) is 33.7 Å². The fraction of sp³-hybridized carbons (Fsp3) is 0.750. The number of imidazole rings is 1. The SMILES string of the molecule is CC1CN(CCc2nccn2C)CCCN1. The highest BCUT2D eigenvalue weighted by atomic mass is 15.2. The predicted molar refractivity (Wildman–Crippen MR) is 65.4 cm³/mol. The second-order valence-corrected chi connectivity index (χ2v) is 4.71. The molecule has 1 aliphatic heterocycles. The van der Waals surface area contributed by atoms with Crippen molar-refractivity contribution in [1.82, 2.24) is 19.8 Å². The molecule has 1 fully saturated rings. The maximum Gasteiger partial charge on any atom is 0.109 e. The quantitative estimate of drug-likeness (QED) is 0.815. The summed E-state index contributed by atoms with van der Waals surface area (Å²) >= 11 is 0. The first-order chi connectivity index (χ1) is 7.75. The van der Waals surface area contributed by atoms with Crippen molar-refractivity contribution in [3.8, 4) is 0 Å². The van der Waals surface area contributed by atoms with Crippen molar-refractivity contribution in [3.63, 3.8) is 0 Å². The summed E-state index contributed by atoms with van der Waals surface area (Å²) in [5.41, 5.74) is 0. The van der Waals surface area contributed by atoms with E-state index in [1.807, 2.05) is 12.4 Å². The van der Waals surface area contributed by atoms with E-state index in [9.17, 15) is 0 Å². The van der Waals surface area contributed by atoms with Crippen LogP contribution in [-0.4, -0.2) is 46.7 Å². The van der Waals surface area contributed by atoms with Crippen LogP contribution in [-0.2, 0) is 13.5 Å². The molecule has 0 radical (unpaired) electrons. The van der Waals surface area contributed by atoms with Gasteiger partial charge >= 0.3 is 0 Å². The van der Waals surface area contributed by atoms with Gasteiger partial charge in [-0.3, -0.25) is 0 Å². The van der Waals surface area contributed by atoms with Gasteiger partial charge in [0, 0.05) is 45.0 Å². The van der Waals surface area contributed by atoms with E-state index >= 15 is 0 Å². The minimum atomic E-state index is 0.615. The molecular formula is C12H22N4. The van der Waals surface area contributed by atoms with E-state index < -0.39 is 0 Å². The predicted octanol–water partition coefficient (Wildman–Crippen LogP) is 0.646. The average molecular weight is 222 g/mol. The average Bonchev–Trinajstić information content (AvgIpc) is 2.54. The third-order valence-electron chi connectivity index (χ3n) is 3.25. The Morgan fingerprint density at radius 2 is 2.44 bits per heavy atom. The molecule has 1 N–H and O–H groups in total. The fourth-order valence-corrected chi connectivity index (χ4v) is 2.29. The largest absolute Gasteiger partial charge is 0.338 e. The summed E-state index contributed by atoms with van der Waals surface area (Å²) in [7, 11) is 2.06. The van der Waals surface area contributed by atoms with Crippen molar-refractivity contribution in [1.29, 1.82) is 0 Å². The standard InChI is InChI=1S/C12H22N4/c1-11-10-16(7-3-5-13-11)8-4-12-14-6-9-15(12)2/h6,9,11,13H,3-5,7-8,10H2,1-2H3. The minimum Gasteiger partial charge on any atom is -0.338 e. The lowest BCUT2D eigenvalue weighted by molar-refractivity contribution is 0.273. The lowest BCUT2D eigenvalue weighted by Crippen LogP contribution is -2.36. The second kappa shape index (κ2) is 5.46. The van der Waals surface area contributed by atoms with Crippen LogP contribution in [0.25, 0.3) is 0 Å². The summed E-state index contributed by atoms with van der Waals surface area (Å²) in [5.74, 6) is 1.19. The van der Waals surface area contributed by atoms with Gasteiger partial charge in [-0.15, -0.1) is 0 Å². The topological polar surface area (TPSA) is 33.1 Å². The molecule has 0 spiro atoms. The van der Waals surface area contributed by atoms with E-state index in [1.54, 1.807) is 0 Å². The molecule has 1 aromatic heterocycles. The third-order valence-corrected chi connectivity index (χ3v) is 3.25. The van der Waals surface area contributed by atoms with Gasteiger partial charge in [0.25, 0.3) is 0 Å². The molecule has 0 amide bonds. The molecule has 90 valence electrons. The van der Waals surface area contributed by atoms with Gasteiger partial charge in [-0.25, -0.2) is 4.98 Å². The van der Waals surface area contributed by atoms with Crippen LogP contribution in [0.5, 0.6) is 0 Å². The van der Waals surface area contributed by atoms with Crippen LogP contribution in [0.15, 0.2) is 12.4 Å². The zero-order chi connectivity index (χ0) is 11.4. The number of hydrogen-bond donors (Lipinski definition) is 1. The second-order valence-electron chi connectivity index (χ2n) is 4.71. The summed E-state index contributed by atoms with van der Waals surface area (Å²) < 4.78 is 2.11. The Labute approximate surface area is 97.7 Å². The summed E-state index contributed by atoms with van der Waals surface area (Å²) in [6.07, 6.45) is 6.20. The van der Waals surface area contributed by atoms with Gasteiger partial charge in [0.2, 0.25) is 0 Å². The highest BCUT2D eigenvalue weighted by Crippen LogP contribution is 2.03. The van der Waals surface area contributed by atoms with Crippen LogP contribution in [0, 0.1) is 0 Å². The monoisotopic (exact) mass is 222 g/mol. The maximum atomic E-state index is 4.36. The normalized spacial score (nSPS) is 23.2. The molecule has 1 saturated heterocycles. The van der Waals surface area contributed by atoms with Gasteiger partial charge < -0.3 is 14.8 Å². The fourth-order valence-electron chi connectivity index (χ4n) is 2.29. The molecule has 0 bridgehead atoms. The Morgan fingerprint density at radius 1 is 1.56 bits per heavy atom. The minimum absolute atomic E-state index is 0.615. The molecule has 16 heavy (non-hydrogen) atoms. The number of aromatic nitrogens is 2. The molecule has 1 unspecified atom stereocenters. The van der Waals surface area contributed by atoms with E-state index in [0.29, 0.717) is 6.04 Å². The smallest absolute Gasteiger partial charge is 0.109 e. The van der Waals surface area contributed by atoms with Crippen molar-refractivity contribution < 1.29 is 0 Å². The lowest BCUT2D eigenvalue weighted by atomic mass is 10.3. The molecule has 4 nitrogen and oxygen atoms in total. The zero-order valence-electron chi connectivity index (χ0n) is 10.3. The van der Waals surface area contributed by atoms with Crippen molar-refractivity contribution in [2.75, 3.05) is 26.2 Å². The van der Waals surface area contributed by atoms with Crippen molar-refractivity contribution in [2.45, 2.75) is 25.8 Å². The first-order valence-electron chi connectivity index (χ1n) is 6.17. The van der Waals surface area contributed by atoms with Gasteiger partial charge in [0.1, 0.15) is 5.82 Å². The molecular weight excluding hydrogens is 200 g/mol. The highest BCUT2D eigenvalue weighted by Gasteiger charge is 2.14. The van der Waals surface area contributed by atoms with Crippen molar-refractivity contribution in [2.24, 2.45) is 7.05 Å². The van der Waals surface area contributed by atoms with E-state index in [4.69, 9.17) is 0 Å². The molecule has 1 atom stereocenters. The van der Waals surface area contributed by atoms with Crippen LogP contribution in [0.2, 0.25) is 0 Å². The molecule has 2 heterocycles. The van der Waals surface area contributed by atoms with Gasteiger partial charge in [-0.05, 0) is 26.4 Å². The van der Waals surface area contributed by atoms with Gasteiger partial charge in [-0.2, -0.15) is 0 Å². The van der Waals surface area contributed by atoms with Gasteiger partial charge in [0.15, 0.2) is 0 Å². The number of aryl methyl sites for hydroxylation is 1. The number of rotatable bonds is 3. The van der Waals surface area contributed by atoms with Gasteiger partial charge in [-0.1, -0.05) is 0 Å². The Hall–Kier alpha value is -0.870. The van der Waals surface area contributed by atoms with Crippen LogP contribution in [0.1, 0.15) is 19.2 Å². The van der Waals surface area contributed by atoms with Crippen molar-refractivity contribution >= 4 is 0 Å². The lowest BCUT2D eigenvalue weighted by Gasteiger charge is -2.21. The first kappa shape index (κ1) is 11.6. The number of nitrogens with one attached hydrogen (secondary N) is 1. The Balaban J connectivity index is 1.82. The number of nitrogens with zero attached hydrogens (tertiary/aromatic N) is 3. The van der Waals surface area contributed by atoms with Gasteiger partial charge in [0.05, 0.1) is 0 Å². The molecule has 1 aliphatic rings. The van der Waals surface area contributed by atoms with Crippen LogP contribution in [0.4, 0.5) is 0 Å². The molecule has 0 saturated carbocycles. The molecule has 2 rings (SSSR count). The van der Waals surface area contributed by atoms with Crippen LogP contribution >= 0.6 is 0 Å². The highest BCUT2D eigenvalue weighted by molar-refractivity contribution is 4.92. The van der Waals surface area contributed by atoms with E-state index in [1.165, 1.54) is 18.8 Å². The number of hydrogen-bond acceptors (Lipinski definition) is 3. The van der Waals surface area contributed by atoms with Crippen LogP contribution in [0.3, 0.4) is 0 Å². The third kappa shape index (κ3) is 3.06. The molecule has 4 heteroatoms. The summed E-state index contributed by atoms with van der Waals surface area (Å²) in [6.45, 7) is 6.90. The van der Waals surface area contributed by atoms with E-state index in [-0.39, 0.29) is 0 Å². The van der Waals surface area contributed by atoms with Crippen LogP contribution < -0.4 is 5.32 Å². The van der Waals surface area contributed by atoms with Crippen molar-refractivity contribution in [3.05, 3.63) is 18.2 Å². The Kier molecular flexibility index (Phi) is 3.96. The van der Waals surface area contributed by atoms with E-state index in [0.717, 1.165) is 26.1 Å². The molecule has 0 aromatic carbocycles. The Bertz CT molecular complexity index is 321. The Morgan fingerprint density at radius 3 is 3.19 bits per heavy atom. The zero-order valence-corrected chi connectivity index (χ0v) is 10.3. The maximum absolute atomic E-state index is 4.36. The summed E-state index contributed by atoms with van der Waals surface area (Å²) in [4.78, 5) is 6.90. The summed E-state index contributed by atoms with van der Waals surface area (Å²) in [6, 6.07) is 0.615.